The maximum atomic E-state index is 11.0. The van der Waals surface area contributed by atoms with Gasteiger partial charge in [0, 0.05) is 0 Å². The lowest BCUT2D eigenvalue weighted by molar-refractivity contribution is 0.445. The minimum absolute atomic E-state index is 0.707. The van der Waals surface area contributed by atoms with Gasteiger partial charge in [-0.25, -0.2) is 4.21 Å². The molecule has 0 radical (unpaired) electrons. The molecule has 0 saturated heterocycles. The van der Waals surface area contributed by atoms with Crippen molar-refractivity contribution in [1.29, 1.82) is 0 Å². The quantitative estimate of drug-likeness (QED) is 0.674. The van der Waals surface area contributed by atoms with Crippen molar-refractivity contribution in [3.05, 3.63) is 29.8 Å². The third-order valence-electron chi connectivity index (χ3n) is 1.36. The third kappa shape index (κ3) is 2.13. The highest BCUT2D eigenvalue weighted by Crippen LogP contribution is 2.07. The van der Waals surface area contributed by atoms with Gasteiger partial charge in [0.1, 0.15) is 0 Å². The highest BCUT2D eigenvalue weighted by atomic mass is 32.2. The van der Waals surface area contributed by atoms with Gasteiger partial charge in [-0.2, -0.15) is 0 Å². The van der Waals surface area contributed by atoms with Crippen LogP contribution in [0.25, 0.3) is 0 Å². The molecular formula is C8H10O2S. The van der Waals surface area contributed by atoms with E-state index in [1.54, 1.807) is 12.1 Å². The first kappa shape index (κ1) is 8.43. The Balaban J connectivity index is 2.90. The molecule has 1 rings (SSSR count). The molecule has 0 N–H and O–H groups in total. The maximum absolute atomic E-state index is 11.0. The van der Waals surface area contributed by atoms with Gasteiger partial charge in [-0.15, -0.1) is 0 Å². The van der Waals surface area contributed by atoms with Crippen molar-refractivity contribution in [3.63, 3.8) is 0 Å². The number of aryl methyl sites for hydroxylation is 1. The lowest BCUT2D eigenvalue weighted by Crippen LogP contribution is -1.92. The molecule has 0 amide bonds. The summed E-state index contributed by atoms with van der Waals surface area (Å²) in [4.78, 5) is 0.707. The lowest BCUT2D eigenvalue weighted by Gasteiger charge is -1.97. The van der Waals surface area contributed by atoms with E-state index in [-0.39, 0.29) is 0 Å². The molecule has 0 aliphatic heterocycles. The van der Waals surface area contributed by atoms with E-state index in [9.17, 15) is 4.21 Å². The molecule has 1 unspecified atom stereocenters. The van der Waals surface area contributed by atoms with Crippen LogP contribution < -0.4 is 0 Å². The molecule has 0 bridgehead atoms. The second-order valence-electron chi connectivity index (χ2n) is 2.21. The molecule has 0 aliphatic carbocycles. The average Bonchev–Trinajstić information content (AvgIpc) is 2.05. The largest absolute Gasteiger partial charge is 0.290 e. The van der Waals surface area contributed by atoms with E-state index in [0.717, 1.165) is 5.56 Å². The van der Waals surface area contributed by atoms with Gasteiger partial charge in [0.15, 0.2) is 11.1 Å². The van der Waals surface area contributed by atoms with Crippen molar-refractivity contribution in [2.24, 2.45) is 0 Å². The number of hydrogen-bond acceptors (Lipinski definition) is 2. The summed E-state index contributed by atoms with van der Waals surface area (Å²) in [5.41, 5.74) is 1.15. The zero-order chi connectivity index (χ0) is 8.27. The molecule has 2 nitrogen and oxygen atoms in total. The summed E-state index contributed by atoms with van der Waals surface area (Å²) in [6.07, 6.45) is 0. The molecule has 3 heteroatoms. The van der Waals surface area contributed by atoms with E-state index in [1.807, 2.05) is 19.1 Å². The highest BCUT2D eigenvalue weighted by Gasteiger charge is 1.99. The molecule has 0 aliphatic rings. The van der Waals surface area contributed by atoms with Crippen LogP contribution in [0.1, 0.15) is 5.56 Å². The van der Waals surface area contributed by atoms with Crippen LogP contribution in [0.3, 0.4) is 0 Å². The molecule has 0 saturated carbocycles. The fraction of sp³-hybridized carbons (Fsp3) is 0.250. The molecular weight excluding hydrogens is 160 g/mol. The van der Waals surface area contributed by atoms with Crippen LogP contribution in [0.5, 0.6) is 0 Å². The Morgan fingerprint density at radius 1 is 1.27 bits per heavy atom. The maximum Gasteiger partial charge on any atom is 0.188 e. The van der Waals surface area contributed by atoms with Crippen LogP contribution in [0.4, 0.5) is 0 Å². The van der Waals surface area contributed by atoms with Gasteiger partial charge in [0.2, 0.25) is 0 Å². The second kappa shape index (κ2) is 3.64. The average molecular weight is 170 g/mol. The van der Waals surface area contributed by atoms with Gasteiger partial charge in [-0.3, -0.25) is 4.18 Å². The summed E-state index contributed by atoms with van der Waals surface area (Å²) in [6, 6.07) is 7.42. The van der Waals surface area contributed by atoms with Crippen LogP contribution in [-0.2, 0) is 15.3 Å². The van der Waals surface area contributed by atoms with Gasteiger partial charge >= 0.3 is 0 Å². The Hall–Kier alpha value is -0.670. The minimum atomic E-state index is -1.30. The molecule has 0 fully saturated rings. The van der Waals surface area contributed by atoms with E-state index in [0.29, 0.717) is 4.90 Å². The smallest absolute Gasteiger partial charge is 0.188 e. The van der Waals surface area contributed by atoms with Crippen LogP contribution in [0.2, 0.25) is 0 Å². The van der Waals surface area contributed by atoms with Gasteiger partial charge < -0.3 is 0 Å². The van der Waals surface area contributed by atoms with Crippen LogP contribution in [0, 0.1) is 6.92 Å². The molecule has 1 aromatic carbocycles. The summed E-state index contributed by atoms with van der Waals surface area (Å²) in [5, 5.41) is 0. The van der Waals surface area contributed by atoms with E-state index in [2.05, 4.69) is 4.18 Å². The normalized spacial score (nSPS) is 12.9. The lowest BCUT2D eigenvalue weighted by atomic mass is 10.2. The highest BCUT2D eigenvalue weighted by molar-refractivity contribution is 7.80. The Morgan fingerprint density at radius 3 is 2.27 bits per heavy atom. The zero-order valence-electron chi connectivity index (χ0n) is 6.53. The minimum Gasteiger partial charge on any atom is -0.290 e. The first-order valence-corrected chi connectivity index (χ1v) is 4.34. The molecule has 60 valence electrons. The predicted molar refractivity (Wildman–Crippen MR) is 44.6 cm³/mol. The van der Waals surface area contributed by atoms with Crippen molar-refractivity contribution in [3.8, 4) is 0 Å². The van der Waals surface area contributed by atoms with Gasteiger partial charge in [-0.05, 0) is 19.1 Å². The molecule has 11 heavy (non-hydrogen) atoms. The first-order valence-electron chi connectivity index (χ1n) is 3.27. The van der Waals surface area contributed by atoms with E-state index in [1.165, 1.54) is 7.11 Å². The number of rotatable bonds is 2. The molecule has 0 heterocycles. The topological polar surface area (TPSA) is 26.3 Å². The van der Waals surface area contributed by atoms with E-state index in [4.69, 9.17) is 0 Å². The fourth-order valence-corrected chi connectivity index (χ4v) is 1.30. The second-order valence-corrected chi connectivity index (χ2v) is 3.49. The summed E-state index contributed by atoms with van der Waals surface area (Å²) < 4.78 is 15.7. The van der Waals surface area contributed by atoms with Crippen molar-refractivity contribution in [2.75, 3.05) is 7.11 Å². The van der Waals surface area contributed by atoms with Gasteiger partial charge in [0.25, 0.3) is 0 Å². The molecule has 0 spiro atoms. The summed E-state index contributed by atoms with van der Waals surface area (Å²) in [7, 11) is 1.43. The SMILES string of the molecule is COS(=O)c1ccc(C)cc1. The van der Waals surface area contributed by atoms with Gasteiger partial charge in [-0.1, -0.05) is 17.7 Å². The van der Waals surface area contributed by atoms with Crippen LogP contribution in [0.15, 0.2) is 29.2 Å². The molecule has 1 aromatic rings. The number of hydrogen-bond donors (Lipinski definition) is 0. The van der Waals surface area contributed by atoms with Crippen molar-refractivity contribution in [1.82, 2.24) is 0 Å². The van der Waals surface area contributed by atoms with Crippen LogP contribution >= 0.6 is 0 Å². The van der Waals surface area contributed by atoms with Crippen molar-refractivity contribution < 1.29 is 8.39 Å². The molecule has 1 atom stereocenters. The standard InChI is InChI=1S/C8H10O2S/c1-7-3-5-8(6-4-7)11(9)10-2/h3-6H,1-2H3. The Morgan fingerprint density at radius 2 is 1.82 bits per heavy atom. The monoisotopic (exact) mass is 170 g/mol. The predicted octanol–water partition coefficient (Wildman–Crippen LogP) is 1.66. The summed E-state index contributed by atoms with van der Waals surface area (Å²) in [6.45, 7) is 1.99. The van der Waals surface area contributed by atoms with Gasteiger partial charge in [0.05, 0.1) is 12.0 Å². The Bertz CT molecular complexity index is 253. The third-order valence-corrected chi connectivity index (χ3v) is 2.32. The zero-order valence-corrected chi connectivity index (χ0v) is 7.35. The Kier molecular flexibility index (Phi) is 2.79. The van der Waals surface area contributed by atoms with E-state index >= 15 is 0 Å². The molecule has 0 aromatic heterocycles. The van der Waals surface area contributed by atoms with Crippen molar-refractivity contribution >= 4 is 11.1 Å². The fourth-order valence-electron chi connectivity index (χ4n) is 0.746. The summed E-state index contributed by atoms with van der Waals surface area (Å²) in [5.74, 6) is 0. The number of benzene rings is 1. The summed E-state index contributed by atoms with van der Waals surface area (Å²) >= 11 is -1.30. The van der Waals surface area contributed by atoms with E-state index < -0.39 is 11.1 Å². The van der Waals surface area contributed by atoms with Crippen molar-refractivity contribution in [2.45, 2.75) is 11.8 Å². The first-order chi connectivity index (χ1) is 5.24. The Labute approximate surface area is 68.9 Å². The van der Waals surface area contributed by atoms with Crippen LogP contribution in [-0.4, -0.2) is 11.3 Å².